The van der Waals surface area contributed by atoms with Crippen LogP contribution in [0.15, 0.2) is 36.5 Å². The fourth-order valence-corrected chi connectivity index (χ4v) is 6.60. The monoisotopic (exact) mass is 688 g/mol. The molecular weight excluding hydrogens is 643 g/mol. The molecule has 3 atom stereocenters. The number of imidazole rings is 1. The number of amides is 3. The highest BCUT2D eigenvalue weighted by atomic mass is 19.1. The highest BCUT2D eigenvalue weighted by Gasteiger charge is 2.37. The summed E-state index contributed by atoms with van der Waals surface area (Å²) < 4.78 is 30.7. The third-order valence-corrected chi connectivity index (χ3v) is 9.15. The number of aryl methyl sites for hydroxylation is 2. The van der Waals surface area contributed by atoms with E-state index in [0.29, 0.717) is 64.1 Å². The van der Waals surface area contributed by atoms with Gasteiger partial charge < -0.3 is 23.8 Å². The SMILES string of the molecule is Cc1cc2cc(n1)-c1cnn(C)c1OCCC[C@@H](C)Cn1c(nc3ccc(C(=O)N(C)[C@@H]4CCN(C(=O)OC(C)(C)C)C[C@H]4F)cc31)NC2=O. The zero-order chi connectivity index (χ0) is 35.9. The van der Waals surface area contributed by atoms with Gasteiger partial charge in [-0.3, -0.25) is 19.9 Å². The Balaban J connectivity index is 1.28. The van der Waals surface area contributed by atoms with Gasteiger partial charge in [-0.25, -0.2) is 18.9 Å². The molecule has 0 unspecified atom stereocenters. The summed E-state index contributed by atoms with van der Waals surface area (Å²) in [6.45, 7) is 10.4. The molecule has 1 fully saturated rings. The number of aromatic nitrogens is 5. The Kier molecular flexibility index (Phi) is 9.56. The van der Waals surface area contributed by atoms with Crippen molar-refractivity contribution >= 4 is 34.9 Å². The van der Waals surface area contributed by atoms with E-state index in [1.807, 2.05) is 18.5 Å². The van der Waals surface area contributed by atoms with Crippen LogP contribution in [-0.2, 0) is 18.3 Å². The van der Waals surface area contributed by atoms with Gasteiger partial charge in [-0.1, -0.05) is 6.92 Å². The molecule has 0 radical (unpaired) electrons. The summed E-state index contributed by atoms with van der Waals surface area (Å²) in [7, 11) is 3.40. The molecule has 0 saturated carbocycles. The number of nitrogens with one attached hydrogen (secondary N) is 1. The van der Waals surface area contributed by atoms with Crippen LogP contribution in [0.25, 0.3) is 22.3 Å². The van der Waals surface area contributed by atoms with Crippen LogP contribution >= 0.6 is 0 Å². The number of benzene rings is 1. The van der Waals surface area contributed by atoms with Crippen LogP contribution in [0, 0.1) is 12.8 Å². The van der Waals surface area contributed by atoms with Gasteiger partial charge in [-0.2, -0.15) is 5.10 Å². The van der Waals surface area contributed by atoms with Crippen molar-refractivity contribution in [2.75, 3.05) is 32.1 Å². The van der Waals surface area contributed by atoms with Crippen molar-refractivity contribution < 1.29 is 28.2 Å². The van der Waals surface area contributed by atoms with E-state index in [1.165, 1.54) is 9.80 Å². The van der Waals surface area contributed by atoms with Crippen LogP contribution in [0.5, 0.6) is 5.88 Å². The molecule has 6 rings (SSSR count). The average molecular weight is 689 g/mol. The van der Waals surface area contributed by atoms with Gasteiger partial charge in [-0.05, 0) is 83.2 Å². The Hall–Kier alpha value is -5.01. The Morgan fingerprint density at radius 1 is 1.12 bits per heavy atom. The molecule has 2 bridgehead atoms. The van der Waals surface area contributed by atoms with E-state index in [4.69, 9.17) is 14.5 Å². The quantitative estimate of drug-likeness (QED) is 0.287. The molecule has 1 saturated heterocycles. The lowest BCUT2D eigenvalue weighted by Crippen LogP contribution is -2.54. The third kappa shape index (κ3) is 7.29. The number of carbonyl (C=O) groups is 3. The van der Waals surface area contributed by atoms with Crippen molar-refractivity contribution in [3.05, 3.63) is 53.3 Å². The summed E-state index contributed by atoms with van der Waals surface area (Å²) in [5.41, 5.74) is 3.31. The molecule has 0 spiro atoms. The van der Waals surface area contributed by atoms with Crippen molar-refractivity contribution in [3.63, 3.8) is 0 Å². The normalized spacial score (nSPS) is 20.1. The number of fused-ring (bicyclic) bond motifs is 7. The molecule has 5 heterocycles. The number of nitrogens with zero attached hydrogens (tertiary/aromatic N) is 7. The molecule has 1 N–H and O–H groups in total. The average Bonchev–Trinajstić information content (AvgIpc) is 3.59. The first kappa shape index (κ1) is 34.8. The molecule has 14 heteroatoms. The van der Waals surface area contributed by atoms with Crippen LogP contribution < -0.4 is 10.1 Å². The van der Waals surface area contributed by atoms with E-state index in [2.05, 4.69) is 22.3 Å². The number of likely N-dealkylation sites (tertiary alicyclic amines) is 1. The molecule has 2 aliphatic rings. The Bertz CT molecular complexity index is 1930. The molecule has 50 heavy (non-hydrogen) atoms. The number of rotatable bonds is 2. The van der Waals surface area contributed by atoms with Gasteiger partial charge in [0.05, 0.1) is 47.7 Å². The molecule has 4 aromatic rings. The van der Waals surface area contributed by atoms with Crippen molar-refractivity contribution in [1.29, 1.82) is 0 Å². The first-order valence-electron chi connectivity index (χ1n) is 17.0. The van der Waals surface area contributed by atoms with Gasteiger partial charge in [0, 0.05) is 44.0 Å². The van der Waals surface area contributed by atoms with Crippen LogP contribution in [0.3, 0.4) is 0 Å². The molecule has 2 aliphatic heterocycles. The van der Waals surface area contributed by atoms with Crippen molar-refractivity contribution in [2.24, 2.45) is 13.0 Å². The first-order chi connectivity index (χ1) is 23.7. The second-order valence-corrected chi connectivity index (χ2v) is 14.4. The zero-order valence-electron chi connectivity index (χ0n) is 29.7. The lowest BCUT2D eigenvalue weighted by molar-refractivity contribution is -0.000262. The second-order valence-electron chi connectivity index (χ2n) is 14.4. The predicted molar refractivity (Wildman–Crippen MR) is 186 cm³/mol. The van der Waals surface area contributed by atoms with E-state index in [-0.39, 0.29) is 37.2 Å². The lowest BCUT2D eigenvalue weighted by Gasteiger charge is -2.39. The fourth-order valence-electron chi connectivity index (χ4n) is 6.60. The van der Waals surface area contributed by atoms with Gasteiger partial charge in [0.25, 0.3) is 11.8 Å². The van der Waals surface area contributed by atoms with Gasteiger partial charge in [-0.15, -0.1) is 0 Å². The van der Waals surface area contributed by atoms with E-state index < -0.39 is 23.9 Å². The predicted octanol–water partition coefficient (Wildman–Crippen LogP) is 5.62. The summed E-state index contributed by atoms with van der Waals surface area (Å²) >= 11 is 0. The van der Waals surface area contributed by atoms with Crippen LogP contribution in [0.4, 0.5) is 15.1 Å². The largest absolute Gasteiger partial charge is 0.477 e. The number of anilines is 1. The lowest BCUT2D eigenvalue weighted by atomic mass is 10.0. The molecular formula is C36H45FN8O5. The molecule has 13 nitrogen and oxygen atoms in total. The molecule has 0 aliphatic carbocycles. The minimum absolute atomic E-state index is 0.156. The third-order valence-electron chi connectivity index (χ3n) is 9.15. The fraction of sp³-hybridized carbons (Fsp3) is 0.500. The Morgan fingerprint density at radius 2 is 1.90 bits per heavy atom. The maximum atomic E-state index is 15.5. The van der Waals surface area contributed by atoms with Crippen LogP contribution in [0.2, 0.25) is 0 Å². The highest BCUT2D eigenvalue weighted by molar-refractivity contribution is 6.05. The van der Waals surface area contributed by atoms with Crippen LogP contribution in [0.1, 0.15) is 73.4 Å². The zero-order valence-corrected chi connectivity index (χ0v) is 29.7. The highest BCUT2D eigenvalue weighted by Crippen LogP contribution is 2.31. The molecule has 1 aromatic carbocycles. The number of piperidine rings is 1. The molecule has 3 amide bonds. The maximum Gasteiger partial charge on any atom is 0.410 e. The summed E-state index contributed by atoms with van der Waals surface area (Å²) in [6.07, 6.45) is 1.56. The number of alkyl halides is 1. The summed E-state index contributed by atoms with van der Waals surface area (Å²) in [6, 6.07) is 7.88. The van der Waals surface area contributed by atoms with Gasteiger partial charge in [0.1, 0.15) is 11.8 Å². The number of hydrogen-bond acceptors (Lipinski definition) is 8. The number of carbonyl (C=O) groups excluding carboxylic acids is 3. The van der Waals surface area contributed by atoms with E-state index in [9.17, 15) is 14.4 Å². The van der Waals surface area contributed by atoms with Gasteiger partial charge in [0.15, 0.2) is 0 Å². The second kappa shape index (κ2) is 13.7. The van der Waals surface area contributed by atoms with Crippen molar-refractivity contribution in [2.45, 2.75) is 78.2 Å². The van der Waals surface area contributed by atoms with Crippen molar-refractivity contribution in [1.82, 2.24) is 34.1 Å². The first-order valence-corrected chi connectivity index (χ1v) is 17.0. The summed E-state index contributed by atoms with van der Waals surface area (Å²) in [5.74, 6) is 0.409. The Labute approximate surface area is 290 Å². The van der Waals surface area contributed by atoms with Gasteiger partial charge in [0.2, 0.25) is 11.8 Å². The number of halogens is 1. The summed E-state index contributed by atoms with van der Waals surface area (Å²) in [4.78, 5) is 52.3. The van der Waals surface area contributed by atoms with E-state index in [0.717, 1.165) is 12.8 Å². The Morgan fingerprint density at radius 3 is 2.64 bits per heavy atom. The molecule has 266 valence electrons. The smallest absolute Gasteiger partial charge is 0.410 e. The minimum Gasteiger partial charge on any atom is -0.477 e. The topological polar surface area (TPSA) is 137 Å². The summed E-state index contributed by atoms with van der Waals surface area (Å²) in [5, 5.41) is 7.37. The van der Waals surface area contributed by atoms with E-state index >= 15 is 4.39 Å². The van der Waals surface area contributed by atoms with Gasteiger partial charge >= 0.3 is 6.09 Å². The van der Waals surface area contributed by atoms with Crippen molar-refractivity contribution in [3.8, 4) is 17.1 Å². The number of ether oxygens (including phenoxy) is 2. The number of pyridine rings is 1. The van der Waals surface area contributed by atoms with E-state index in [1.54, 1.807) is 69.0 Å². The standard InChI is InChI=1S/C36H45FN8O5/c1-21-9-8-14-49-33-25(18-38-43(33)7)28-16-24(15-22(2)39-28)31(46)41-34-40-27-11-10-23(17-30(27)45(34)19-21)32(47)42(6)29-12-13-44(20-26(29)37)35(48)50-36(3,4)5/h10-11,15-18,21,26,29H,8-9,12-14,19-20H2,1-7H3,(H,40,41,46)/t21-,26-,29-/m1/s1. The minimum atomic E-state index is -1.44. The number of hydrogen-bond donors (Lipinski definition) is 1. The van der Waals surface area contributed by atoms with Crippen LogP contribution in [-0.4, -0.2) is 96.6 Å². The maximum absolute atomic E-state index is 15.5. The molecule has 3 aromatic heterocycles.